The molecular weight excluding hydrogens is 360 g/mol. The number of aromatic amines is 1. The van der Waals surface area contributed by atoms with Crippen molar-refractivity contribution in [1.82, 2.24) is 15.3 Å². The molecule has 5 rings (SSSR count). The maximum Gasteiger partial charge on any atom is 0.227 e. The molecule has 1 saturated heterocycles. The molecule has 1 aliphatic rings. The number of nitrogens with one attached hydrogen (secondary N) is 2. The first-order valence-electron chi connectivity index (χ1n) is 10.1. The Morgan fingerprint density at radius 3 is 2.69 bits per heavy atom. The number of piperazine rings is 1. The highest BCUT2D eigenvalue weighted by Gasteiger charge is 2.25. The summed E-state index contributed by atoms with van der Waals surface area (Å²) in [6.07, 6.45) is 3.77. The van der Waals surface area contributed by atoms with Crippen LogP contribution in [-0.4, -0.2) is 35.1 Å². The molecule has 0 spiro atoms. The lowest BCUT2D eigenvalue weighted by atomic mass is 10.0. The van der Waals surface area contributed by atoms with Crippen molar-refractivity contribution in [3.8, 4) is 22.8 Å². The molecule has 0 bridgehead atoms. The summed E-state index contributed by atoms with van der Waals surface area (Å²) in [6.45, 7) is 9.61. The Morgan fingerprint density at radius 1 is 1.07 bits per heavy atom. The Kier molecular flexibility index (Phi) is 4.21. The summed E-state index contributed by atoms with van der Waals surface area (Å²) in [6, 6.07) is 14.9. The van der Waals surface area contributed by atoms with Crippen LogP contribution in [0, 0.1) is 6.92 Å². The number of oxazole rings is 1. The third-order valence-electron chi connectivity index (χ3n) is 5.75. The molecule has 4 aromatic rings. The van der Waals surface area contributed by atoms with E-state index in [-0.39, 0.29) is 5.54 Å². The summed E-state index contributed by atoms with van der Waals surface area (Å²) in [7, 11) is 0. The van der Waals surface area contributed by atoms with Crippen molar-refractivity contribution < 1.29 is 4.42 Å². The molecule has 148 valence electrons. The molecule has 5 heteroatoms. The van der Waals surface area contributed by atoms with Crippen LogP contribution >= 0.6 is 0 Å². The summed E-state index contributed by atoms with van der Waals surface area (Å²) in [5, 5.41) is 4.70. The number of fused-ring (bicyclic) bond motifs is 1. The lowest BCUT2D eigenvalue weighted by Gasteiger charge is -2.40. The minimum absolute atomic E-state index is 0.133. The summed E-state index contributed by atoms with van der Waals surface area (Å²) in [5.74, 6) is 1.45. The minimum atomic E-state index is 0.133. The number of anilines is 1. The van der Waals surface area contributed by atoms with Gasteiger partial charge in [0, 0.05) is 59.1 Å². The van der Waals surface area contributed by atoms with E-state index < -0.39 is 0 Å². The van der Waals surface area contributed by atoms with Crippen LogP contribution in [0.15, 0.2) is 59.3 Å². The highest BCUT2D eigenvalue weighted by Crippen LogP contribution is 2.34. The molecule has 0 unspecified atom stereocenters. The van der Waals surface area contributed by atoms with Crippen LogP contribution in [0.25, 0.3) is 33.7 Å². The molecule has 0 amide bonds. The third kappa shape index (κ3) is 3.32. The SMILES string of the molecule is Cc1ccc2[nH]ccc2c1-c1ncc(-c2ccc(N3CCNC(C)(C)C3)cc2)o1. The van der Waals surface area contributed by atoms with E-state index in [9.17, 15) is 0 Å². The Morgan fingerprint density at radius 2 is 1.90 bits per heavy atom. The first kappa shape index (κ1) is 18.0. The van der Waals surface area contributed by atoms with Gasteiger partial charge in [-0.3, -0.25) is 0 Å². The van der Waals surface area contributed by atoms with Gasteiger partial charge >= 0.3 is 0 Å². The first-order valence-corrected chi connectivity index (χ1v) is 10.1. The minimum Gasteiger partial charge on any atom is -0.436 e. The van der Waals surface area contributed by atoms with Crippen molar-refractivity contribution in [3.05, 3.63) is 60.4 Å². The van der Waals surface area contributed by atoms with Gasteiger partial charge in [0.1, 0.15) is 0 Å². The summed E-state index contributed by atoms with van der Waals surface area (Å²) in [4.78, 5) is 10.3. The van der Waals surface area contributed by atoms with Gasteiger partial charge in [-0.1, -0.05) is 6.07 Å². The second kappa shape index (κ2) is 6.78. The zero-order valence-corrected chi connectivity index (χ0v) is 17.1. The standard InChI is InChI=1S/C24H26N4O/c1-16-4-9-20-19(10-11-25-20)22(16)23-26-14-21(29-23)17-5-7-18(8-6-17)28-13-12-27-24(2,3)15-28/h4-11,14,25,27H,12-13,15H2,1-3H3. The van der Waals surface area contributed by atoms with Crippen molar-refractivity contribution in [1.29, 1.82) is 0 Å². The van der Waals surface area contributed by atoms with E-state index in [2.05, 4.69) is 83.4 Å². The van der Waals surface area contributed by atoms with Gasteiger partial charge in [-0.25, -0.2) is 4.98 Å². The van der Waals surface area contributed by atoms with Crippen LogP contribution in [-0.2, 0) is 0 Å². The van der Waals surface area contributed by atoms with Crippen molar-refractivity contribution in [2.75, 3.05) is 24.5 Å². The lowest BCUT2D eigenvalue weighted by Crippen LogP contribution is -2.57. The average Bonchev–Trinajstić information content (AvgIpc) is 3.37. The number of rotatable bonds is 3. The van der Waals surface area contributed by atoms with Crippen molar-refractivity contribution in [3.63, 3.8) is 0 Å². The van der Waals surface area contributed by atoms with Gasteiger partial charge < -0.3 is 19.6 Å². The molecule has 1 aliphatic heterocycles. The van der Waals surface area contributed by atoms with E-state index in [1.165, 1.54) is 5.69 Å². The lowest BCUT2D eigenvalue weighted by molar-refractivity contribution is 0.353. The second-order valence-electron chi connectivity index (χ2n) is 8.51. The van der Waals surface area contributed by atoms with Crippen LogP contribution < -0.4 is 10.2 Å². The van der Waals surface area contributed by atoms with E-state index in [0.717, 1.165) is 53.0 Å². The molecule has 1 fully saturated rings. The van der Waals surface area contributed by atoms with Crippen molar-refractivity contribution in [2.45, 2.75) is 26.3 Å². The summed E-state index contributed by atoms with van der Waals surface area (Å²) in [5.41, 5.74) is 5.72. The number of aryl methyl sites for hydroxylation is 1. The molecule has 2 aromatic carbocycles. The van der Waals surface area contributed by atoms with Gasteiger partial charge in [-0.15, -0.1) is 0 Å². The quantitative estimate of drug-likeness (QED) is 0.521. The van der Waals surface area contributed by atoms with Crippen LogP contribution in [0.3, 0.4) is 0 Å². The molecule has 29 heavy (non-hydrogen) atoms. The van der Waals surface area contributed by atoms with Gasteiger partial charge in [0.05, 0.1) is 6.20 Å². The normalized spacial score (nSPS) is 16.4. The number of benzene rings is 2. The molecule has 0 aliphatic carbocycles. The maximum atomic E-state index is 6.18. The molecule has 0 radical (unpaired) electrons. The summed E-state index contributed by atoms with van der Waals surface area (Å²) >= 11 is 0. The largest absolute Gasteiger partial charge is 0.436 e. The fraction of sp³-hybridized carbons (Fsp3) is 0.292. The van der Waals surface area contributed by atoms with Crippen molar-refractivity contribution in [2.24, 2.45) is 0 Å². The Balaban J connectivity index is 1.44. The van der Waals surface area contributed by atoms with Crippen LogP contribution in [0.4, 0.5) is 5.69 Å². The Bertz CT molecular complexity index is 1150. The fourth-order valence-corrected chi connectivity index (χ4v) is 4.25. The second-order valence-corrected chi connectivity index (χ2v) is 8.51. The first-order chi connectivity index (χ1) is 14.0. The van der Waals surface area contributed by atoms with E-state index in [1.54, 1.807) is 0 Å². The number of nitrogens with zero attached hydrogens (tertiary/aromatic N) is 2. The molecule has 5 nitrogen and oxygen atoms in total. The van der Waals surface area contributed by atoms with Crippen molar-refractivity contribution >= 4 is 16.6 Å². The molecule has 2 N–H and O–H groups in total. The highest BCUT2D eigenvalue weighted by atomic mass is 16.4. The van der Waals surface area contributed by atoms with E-state index in [4.69, 9.17) is 4.42 Å². The zero-order chi connectivity index (χ0) is 20.0. The average molecular weight is 386 g/mol. The number of aromatic nitrogens is 2. The molecule has 0 atom stereocenters. The van der Waals surface area contributed by atoms with Gasteiger partial charge in [0.15, 0.2) is 5.76 Å². The smallest absolute Gasteiger partial charge is 0.227 e. The summed E-state index contributed by atoms with van der Waals surface area (Å²) < 4.78 is 6.18. The van der Waals surface area contributed by atoms with E-state index >= 15 is 0 Å². The molecular formula is C24H26N4O. The molecule has 3 heterocycles. The molecule has 2 aromatic heterocycles. The monoisotopic (exact) mass is 386 g/mol. The Labute approximate surface area is 170 Å². The molecule has 0 saturated carbocycles. The Hall–Kier alpha value is -3.05. The number of H-pyrrole nitrogens is 1. The van der Waals surface area contributed by atoms with Crippen LogP contribution in [0.1, 0.15) is 19.4 Å². The predicted molar refractivity (Wildman–Crippen MR) is 118 cm³/mol. The van der Waals surface area contributed by atoms with Gasteiger partial charge in [-0.05, 0) is 62.7 Å². The van der Waals surface area contributed by atoms with E-state index in [0.29, 0.717) is 5.89 Å². The topological polar surface area (TPSA) is 57.1 Å². The highest BCUT2D eigenvalue weighted by molar-refractivity contribution is 5.94. The third-order valence-corrected chi connectivity index (χ3v) is 5.75. The number of hydrogen-bond acceptors (Lipinski definition) is 4. The van der Waals surface area contributed by atoms with Gasteiger partial charge in [0.25, 0.3) is 0 Å². The van der Waals surface area contributed by atoms with Gasteiger partial charge in [-0.2, -0.15) is 0 Å². The van der Waals surface area contributed by atoms with E-state index in [1.807, 2.05) is 12.4 Å². The van der Waals surface area contributed by atoms with Crippen LogP contribution in [0.2, 0.25) is 0 Å². The van der Waals surface area contributed by atoms with Crippen LogP contribution in [0.5, 0.6) is 0 Å². The maximum absolute atomic E-state index is 6.18. The fourth-order valence-electron chi connectivity index (χ4n) is 4.25. The zero-order valence-electron chi connectivity index (χ0n) is 17.1. The number of hydrogen-bond donors (Lipinski definition) is 2. The van der Waals surface area contributed by atoms with Gasteiger partial charge in [0.2, 0.25) is 5.89 Å². The predicted octanol–water partition coefficient (Wildman–Crippen LogP) is 4.99.